The summed E-state index contributed by atoms with van der Waals surface area (Å²) in [4.78, 5) is 27.9. The minimum atomic E-state index is -1.33. The van der Waals surface area contributed by atoms with E-state index in [1.165, 1.54) is 0 Å². The molecular weight excluding hydrogens is 520 g/mol. The highest BCUT2D eigenvalue weighted by Crippen LogP contribution is 2.36. The number of aryl methyl sites for hydroxylation is 1. The highest BCUT2D eigenvalue weighted by molar-refractivity contribution is 7.99. The van der Waals surface area contributed by atoms with Crippen LogP contribution in [-0.4, -0.2) is 25.2 Å². The lowest BCUT2D eigenvalue weighted by atomic mass is 9.78. The highest BCUT2D eigenvalue weighted by Gasteiger charge is 2.47. The number of rotatable bonds is 14. The summed E-state index contributed by atoms with van der Waals surface area (Å²) in [5.41, 5.74) is 0.661. The van der Waals surface area contributed by atoms with Crippen LogP contribution in [-0.2, 0) is 32.1 Å². The van der Waals surface area contributed by atoms with Gasteiger partial charge in [-0.25, -0.2) is 0 Å². The minimum Gasteiger partial charge on any atom is -0.489 e. The fourth-order valence-electron chi connectivity index (χ4n) is 4.21. The molecule has 3 aromatic rings. The first-order valence-electron chi connectivity index (χ1n) is 13.0. The van der Waals surface area contributed by atoms with Crippen molar-refractivity contribution in [2.45, 2.75) is 62.9 Å². The predicted molar refractivity (Wildman–Crippen MR) is 152 cm³/mol. The third kappa shape index (κ3) is 8.02. The monoisotopic (exact) mass is 554 g/mol. The molecule has 3 aromatic carbocycles. The fraction of sp³-hybridized carbons (Fsp3) is 0.355. The molecule has 202 valence electrons. The highest BCUT2D eigenvalue weighted by atomic mass is 35.5. The Hall–Kier alpha value is -2.96. The third-order valence-corrected chi connectivity index (χ3v) is 7.51. The Kier molecular flexibility index (Phi) is 11.6. The van der Waals surface area contributed by atoms with Crippen LogP contribution in [0.2, 0.25) is 5.02 Å². The maximum Gasteiger partial charge on any atom is 0.323 e. The zero-order valence-electron chi connectivity index (χ0n) is 22.2. The quantitative estimate of drug-likeness (QED) is 0.149. The number of benzene rings is 3. The van der Waals surface area contributed by atoms with E-state index in [1.807, 2.05) is 79.7 Å². The van der Waals surface area contributed by atoms with E-state index in [9.17, 15) is 9.59 Å². The standard InChI is InChI=1S/C31H35ClO5S/c1-4-19-31(29(33)35-5-2,30(34)36-6-3)20-18-24-12-15-27(21-28(24)32)38-26-16-13-25(14-17-26)37-22-23-10-8-7-9-11-23/h7-17,21H,4-6,18-20,22H2,1-3H3. The first-order chi connectivity index (χ1) is 18.4. The molecule has 0 heterocycles. The van der Waals surface area contributed by atoms with Crippen molar-refractivity contribution in [2.75, 3.05) is 13.2 Å². The molecular formula is C31H35ClO5S. The summed E-state index contributed by atoms with van der Waals surface area (Å²) in [5.74, 6) is -0.245. The molecule has 0 unspecified atom stereocenters. The second-order valence-electron chi connectivity index (χ2n) is 8.87. The minimum absolute atomic E-state index is 0.205. The second-order valence-corrected chi connectivity index (χ2v) is 10.4. The van der Waals surface area contributed by atoms with Gasteiger partial charge in [-0.3, -0.25) is 9.59 Å². The number of ether oxygens (including phenoxy) is 3. The number of esters is 2. The van der Waals surface area contributed by atoms with Crippen molar-refractivity contribution in [1.29, 1.82) is 0 Å². The zero-order valence-corrected chi connectivity index (χ0v) is 23.8. The van der Waals surface area contributed by atoms with Gasteiger partial charge < -0.3 is 14.2 Å². The fourth-order valence-corrected chi connectivity index (χ4v) is 5.40. The average Bonchev–Trinajstić information content (AvgIpc) is 2.92. The molecule has 3 rings (SSSR count). The first kappa shape index (κ1) is 29.6. The molecule has 5 nitrogen and oxygen atoms in total. The van der Waals surface area contributed by atoms with Gasteiger partial charge in [0.15, 0.2) is 5.41 Å². The molecule has 0 saturated carbocycles. The second kappa shape index (κ2) is 14.8. The summed E-state index contributed by atoms with van der Waals surface area (Å²) in [6.45, 7) is 6.34. The Morgan fingerprint density at radius 1 is 0.816 bits per heavy atom. The molecule has 38 heavy (non-hydrogen) atoms. The van der Waals surface area contributed by atoms with Crippen molar-refractivity contribution < 1.29 is 23.8 Å². The summed E-state index contributed by atoms with van der Waals surface area (Å²) in [6.07, 6.45) is 1.74. The molecule has 0 atom stereocenters. The summed E-state index contributed by atoms with van der Waals surface area (Å²) in [5, 5.41) is 0.593. The molecule has 0 radical (unpaired) electrons. The summed E-state index contributed by atoms with van der Waals surface area (Å²) < 4.78 is 16.5. The van der Waals surface area contributed by atoms with Crippen LogP contribution in [0.3, 0.4) is 0 Å². The normalized spacial score (nSPS) is 11.2. The maximum atomic E-state index is 12.9. The maximum absolute atomic E-state index is 12.9. The van der Waals surface area contributed by atoms with Gasteiger partial charge in [-0.1, -0.05) is 73.1 Å². The molecule has 0 saturated heterocycles. The van der Waals surface area contributed by atoms with Crippen molar-refractivity contribution in [3.63, 3.8) is 0 Å². The Balaban J connectivity index is 1.65. The predicted octanol–water partition coefficient (Wildman–Crippen LogP) is 7.92. The Labute approximate surface area is 234 Å². The smallest absolute Gasteiger partial charge is 0.323 e. The first-order valence-corrected chi connectivity index (χ1v) is 14.2. The van der Waals surface area contributed by atoms with Gasteiger partial charge in [0, 0.05) is 14.8 Å². The molecule has 0 aliphatic carbocycles. The molecule has 0 aromatic heterocycles. The van der Waals surface area contributed by atoms with Crippen LogP contribution < -0.4 is 4.74 Å². The van der Waals surface area contributed by atoms with E-state index in [1.54, 1.807) is 25.6 Å². The summed E-state index contributed by atoms with van der Waals surface area (Å²) in [7, 11) is 0. The molecule has 0 amide bonds. The Morgan fingerprint density at radius 2 is 1.45 bits per heavy atom. The van der Waals surface area contributed by atoms with Gasteiger partial charge in [0.25, 0.3) is 0 Å². The van der Waals surface area contributed by atoms with E-state index in [0.717, 1.165) is 26.7 Å². The van der Waals surface area contributed by atoms with Crippen molar-refractivity contribution >= 4 is 35.3 Å². The number of carbonyl (C=O) groups excluding carboxylic acids is 2. The van der Waals surface area contributed by atoms with Crippen LogP contribution in [0, 0.1) is 5.41 Å². The van der Waals surface area contributed by atoms with Gasteiger partial charge >= 0.3 is 11.9 Å². The molecule has 7 heteroatoms. The molecule has 0 bridgehead atoms. The third-order valence-electron chi connectivity index (χ3n) is 6.16. The Bertz CT molecular complexity index is 1160. The molecule has 0 aliphatic rings. The molecule has 0 fully saturated rings. The lowest BCUT2D eigenvalue weighted by Crippen LogP contribution is -2.42. The van der Waals surface area contributed by atoms with E-state index in [4.69, 9.17) is 25.8 Å². The van der Waals surface area contributed by atoms with Gasteiger partial charge in [-0.15, -0.1) is 0 Å². The summed E-state index contributed by atoms with van der Waals surface area (Å²) in [6, 6.07) is 23.9. The number of carbonyl (C=O) groups is 2. The van der Waals surface area contributed by atoms with E-state index < -0.39 is 17.4 Å². The van der Waals surface area contributed by atoms with Crippen molar-refractivity contribution in [2.24, 2.45) is 5.41 Å². The largest absolute Gasteiger partial charge is 0.489 e. The van der Waals surface area contributed by atoms with Crippen LogP contribution in [0.1, 0.15) is 51.2 Å². The van der Waals surface area contributed by atoms with E-state index in [2.05, 4.69) is 0 Å². The Morgan fingerprint density at radius 3 is 2.03 bits per heavy atom. The summed E-state index contributed by atoms with van der Waals surface area (Å²) >= 11 is 8.24. The van der Waals surface area contributed by atoms with Crippen LogP contribution in [0.5, 0.6) is 5.75 Å². The van der Waals surface area contributed by atoms with E-state index in [-0.39, 0.29) is 19.6 Å². The van der Waals surface area contributed by atoms with Gasteiger partial charge in [-0.05, 0) is 80.6 Å². The zero-order chi connectivity index (χ0) is 27.4. The van der Waals surface area contributed by atoms with Crippen LogP contribution in [0.15, 0.2) is 82.6 Å². The van der Waals surface area contributed by atoms with Gasteiger partial charge in [0.1, 0.15) is 12.4 Å². The van der Waals surface area contributed by atoms with Gasteiger partial charge in [0.2, 0.25) is 0 Å². The lowest BCUT2D eigenvalue weighted by Gasteiger charge is -2.29. The van der Waals surface area contributed by atoms with Gasteiger partial charge in [0.05, 0.1) is 13.2 Å². The number of halogens is 1. The molecule has 0 aliphatic heterocycles. The SMILES string of the molecule is CCCC(CCc1ccc(Sc2ccc(OCc3ccccc3)cc2)cc1Cl)(C(=O)OCC)C(=O)OCC. The lowest BCUT2D eigenvalue weighted by molar-refractivity contribution is -0.173. The average molecular weight is 555 g/mol. The molecule has 0 spiro atoms. The van der Waals surface area contributed by atoms with Crippen LogP contribution in [0.25, 0.3) is 0 Å². The topological polar surface area (TPSA) is 61.8 Å². The van der Waals surface area contributed by atoms with Crippen molar-refractivity contribution in [3.05, 3.63) is 88.9 Å². The van der Waals surface area contributed by atoms with Crippen molar-refractivity contribution in [3.8, 4) is 5.75 Å². The number of hydrogen-bond donors (Lipinski definition) is 0. The van der Waals surface area contributed by atoms with E-state index in [0.29, 0.717) is 30.9 Å². The van der Waals surface area contributed by atoms with Crippen LogP contribution in [0.4, 0.5) is 0 Å². The van der Waals surface area contributed by atoms with Gasteiger partial charge in [-0.2, -0.15) is 0 Å². The van der Waals surface area contributed by atoms with Crippen LogP contribution >= 0.6 is 23.4 Å². The number of hydrogen-bond acceptors (Lipinski definition) is 6. The van der Waals surface area contributed by atoms with E-state index >= 15 is 0 Å². The van der Waals surface area contributed by atoms with Crippen molar-refractivity contribution in [1.82, 2.24) is 0 Å². The molecule has 0 N–H and O–H groups in total.